The minimum Gasteiger partial charge on any atom is -0.0877 e. The molecule has 0 aromatic rings. The summed E-state index contributed by atoms with van der Waals surface area (Å²) in [5.41, 5.74) is 0. The lowest BCUT2D eigenvalue weighted by Crippen LogP contribution is -1.87. The van der Waals surface area contributed by atoms with Crippen LogP contribution >= 0.6 is 0 Å². The fraction of sp³-hybridized carbons (Fsp3) is 0.600. The Balaban J connectivity index is 3.33. The molecule has 1 unspecified atom stereocenters. The zero-order valence-electron chi connectivity index (χ0n) is 7.30. The molecule has 0 aromatic heterocycles. The van der Waals surface area contributed by atoms with Crippen LogP contribution in [0.4, 0.5) is 0 Å². The second-order valence-electron chi connectivity index (χ2n) is 2.70. The van der Waals surface area contributed by atoms with E-state index in [1.165, 1.54) is 12.8 Å². The van der Waals surface area contributed by atoms with Crippen LogP contribution in [0.1, 0.15) is 33.6 Å². The lowest BCUT2D eigenvalue weighted by molar-refractivity contribution is 0.572. The van der Waals surface area contributed by atoms with E-state index in [1.807, 2.05) is 13.0 Å². The molecule has 0 saturated heterocycles. The predicted octanol–water partition coefficient (Wildman–Crippen LogP) is 3.55. The van der Waals surface area contributed by atoms with Crippen molar-refractivity contribution in [3.05, 3.63) is 24.3 Å². The summed E-state index contributed by atoms with van der Waals surface area (Å²) in [6.45, 7) is 6.54. The Morgan fingerprint density at radius 2 is 2.00 bits per heavy atom. The summed E-state index contributed by atoms with van der Waals surface area (Å²) in [5.74, 6) is 0.835. The van der Waals surface area contributed by atoms with E-state index in [0.717, 1.165) is 5.92 Å². The predicted molar refractivity (Wildman–Crippen MR) is 48.0 cm³/mol. The number of hydrogen-bond donors (Lipinski definition) is 0. The molecule has 0 radical (unpaired) electrons. The van der Waals surface area contributed by atoms with Gasteiger partial charge in [-0.2, -0.15) is 0 Å². The van der Waals surface area contributed by atoms with Crippen LogP contribution in [0, 0.1) is 5.92 Å². The third-order valence-corrected chi connectivity index (χ3v) is 1.68. The second kappa shape index (κ2) is 6.60. The molecule has 0 fully saturated rings. The maximum Gasteiger partial charge on any atom is -0.0322 e. The van der Waals surface area contributed by atoms with Gasteiger partial charge in [0.05, 0.1) is 0 Å². The van der Waals surface area contributed by atoms with Crippen molar-refractivity contribution in [2.45, 2.75) is 33.6 Å². The molecule has 0 bridgehead atoms. The Morgan fingerprint density at radius 3 is 2.50 bits per heavy atom. The van der Waals surface area contributed by atoms with Crippen LogP contribution in [0.25, 0.3) is 0 Å². The van der Waals surface area contributed by atoms with Crippen molar-refractivity contribution in [3.8, 4) is 0 Å². The maximum atomic E-state index is 2.28. The highest BCUT2D eigenvalue weighted by Gasteiger charge is 1.91. The minimum absolute atomic E-state index is 0.835. The van der Waals surface area contributed by atoms with Crippen molar-refractivity contribution in [1.82, 2.24) is 0 Å². The molecular weight excluding hydrogens is 120 g/mol. The third-order valence-electron chi connectivity index (χ3n) is 1.68. The van der Waals surface area contributed by atoms with Crippen LogP contribution in [-0.4, -0.2) is 0 Å². The lowest BCUT2D eigenvalue weighted by atomic mass is 10.1. The van der Waals surface area contributed by atoms with E-state index < -0.39 is 0 Å². The minimum atomic E-state index is 0.835. The average Bonchev–Trinajstić information content (AvgIpc) is 1.98. The van der Waals surface area contributed by atoms with E-state index in [-0.39, 0.29) is 0 Å². The summed E-state index contributed by atoms with van der Waals surface area (Å²) >= 11 is 0. The molecule has 0 aliphatic rings. The number of hydrogen-bond acceptors (Lipinski definition) is 0. The standard InChI is InChI=1S/C10H18/c1-4-6-7-8-9-10(3)5-2/h4,6-8,10H,5,9H2,1-3H3. The molecule has 0 spiro atoms. The molecule has 0 aliphatic carbocycles. The summed E-state index contributed by atoms with van der Waals surface area (Å²) in [4.78, 5) is 0. The Labute approximate surface area is 64.6 Å². The molecule has 0 amide bonds. The van der Waals surface area contributed by atoms with Crippen LogP contribution < -0.4 is 0 Å². The van der Waals surface area contributed by atoms with Gasteiger partial charge in [-0.05, 0) is 19.3 Å². The van der Waals surface area contributed by atoms with Crippen LogP contribution in [0.3, 0.4) is 0 Å². The van der Waals surface area contributed by atoms with Crippen molar-refractivity contribution < 1.29 is 0 Å². The Morgan fingerprint density at radius 1 is 1.30 bits per heavy atom. The van der Waals surface area contributed by atoms with Gasteiger partial charge in [-0.1, -0.05) is 44.6 Å². The average molecular weight is 138 g/mol. The summed E-state index contributed by atoms with van der Waals surface area (Å²) < 4.78 is 0. The van der Waals surface area contributed by atoms with Gasteiger partial charge in [0.2, 0.25) is 0 Å². The second-order valence-corrected chi connectivity index (χ2v) is 2.70. The third kappa shape index (κ3) is 5.61. The highest BCUT2D eigenvalue weighted by atomic mass is 14.0. The van der Waals surface area contributed by atoms with E-state index in [4.69, 9.17) is 0 Å². The molecule has 0 saturated carbocycles. The molecule has 58 valence electrons. The van der Waals surface area contributed by atoms with Crippen molar-refractivity contribution >= 4 is 0 Å². The van der Waals surface area contributed by atoms with Gasteiger partial charge in [0.25, 0.3) is 0 Å². The molecule has 0 heteroatoms. The van der Waals surface area contributed by atoms with E-state index >= 15 is 0 Å². The number of allylic oxidation sites excluding steroid dienone is 4. The quantitative estimate of drug-likeness (QED) is 0.521. The first-order valence-corrected chi connectivity index (χ1v) is 4.09. The smallest absolute Gasteiger partial charge is 0.0322 e. The Kier molecular flexibility index (Phi) is 6.25. The molecule has 0 aromatic carbocycles. The molecule has 0 N–H and O–H groups in total. The van der Waals surface area contributed by atoms with E-state index in [1.54, 1.807) is 0 Å². The molecule has 0 nitrogen and oxygen atoms in total. The van der Waals surface area contributed by atoms with Crippen molar-refractivity contribution in [2.75, 3.05) is 0 Å². The lowest BCUT2D eigenvalue weighted by Gasteiger charge is -2.01. The van der Waals surface area contributed by atoms with Gasteiger partial charge in [-0.25, -0.2) is 0 Å². The topological polar surface area (TPSA) is 0 Å². The molecular formula is C10H18. The van der Waals surface area contributed by atoms with Crippen molar-refractivity contribution in [1.29, 1.82) is 0 Å². The Hall–Kier alpha value is -0.520. The van der Waals surface area contributed by atoms with E-state index in [9.17, 15) is 0 Å². The van der Waals surface area contributed by atoms with Gasteiger partial charge in [-0.15, -0.1) is 0 Å². The monoisotopic (exact) mass is 138 g/mol. The molecule has 0 aliphatic heterocycles. The first-order chi connectivity index (χ1) is 4.81. The van der Waals surface area contributed by atoms with Gasteiger partial charge in [0, 0.05) is 0 Å². The van der Waals surface area contributed by atoms with Crippen LogP contribution in [-0.2, 0) is 0 Å². The zero-order chi connectivity index (χ0) is 7.82. The van der Waals surface area contributed by atoms with Crippen molar-refractivity contribution in [2.24, 2.45) is 5.92 Å². The largest absolute Gasteiger partial charge is 0.0877 e. The van der Waals surface area contributed by atoms with Crippen LogP contribution in [0.15, 0.2) is 24.3 Å². The normalized spacial score (nSPS) is 15.1. The number of rotatable bonds is 4. The summed E-state index contributed by atoms with van der Waals surface area (Å²) in [7, 11) is 0. The molecule has 10 heavy (non-hydrogen) atoms. The summed E-state index contributed by atoms with van der Waals surface area (Å²) in [6.07, 6.45) is 11.0. The van der Waals surface area contributed by atoms with Crippen molar-refractivity contribution in [3.63, 3.8) is 0 Å². The van der Waals surface area contributed by atoms with Crippen LogP contribution in [0.2, 0.25) is 0 Å². The van der Waals surface area contributed by atoms with Gasteiger partial charge >= 0.3 is 0 Å². The molecule has 1 atom stereocenters. The van der Waals surface area contributed by atoms with Crippen LogP contribution in [0.5, 0.6) is 0 Å². The van der Waals surface area contributed by atoms with Gasteiger partial charge in [0.1, 0.15) is 0 Å². The van der Waals surface area contributed by atoms with E-state index in [0.29, 0.717) is 0 Å². The molecule has 0 rings (SSSR count). The maximum absolute atomic E-state index is 2.28. The highest BCUT2D eigenvalue weighted by Crippen LogP contribution is 2.06. The molecule has 0 heterocycles. The van der Waals surface area contributed by atoms with Gasteiger partial charge < -0.3 is 0 Å². The van der Waals surface area contributed by atoms with Gasteiger partial charge in [-0.3, -0.25) is 0 Å². The summed E-state index contributed by atoms with van der Waals surface area (Å²) in [5, 5.41) is 0. The summed E-state index contributed by atoms with van der Waals surface area (Å²) in [6, 6.07) is 0. The first-order valence-electron chi connectivity index (χ1n) is 4.09. The SMILES string of the molecule is CC=CC=CCC(C)CC. The first kappa shape index (κ1) is 9.48. The highest BCUT2D eigenvalue weighted by molar-refractivity contribution is 5.01. The zero-order valence-corrected chi connectivity index (χ0v) is 7.30. The fourth-order valence-corrected chi connectivity index (χ4v) is 0.667. The Bertz CT molecular complexity index is 109. The fourth-order valence-electron chi connectivity index (χ4n) is 0.667. The van der Waals surface area contributed by atoms with E-state index in [2.05, 4.69) is 32.1 Å². The van der Waals surface area contributed by atoms with Gasteiger partial charge in [0.15, 0.2) is 0 Å².